The monoisotopic (exact) mass is 505 g/mol. The Labute approximate surface area is 210 Å². The Bertz CT molecular complexity index is 1500. The van der Waals surface area contributed by atoms with E-state index in [9.17, 15) is 13.2 Å². The normalized spacial score (nSPS) is 15.1. The predicted molar refractivity (Wildman–Crippen MR) is 138 cm³/mol. The van der Waals surface area contributed by atoms with Crippen LogP contribution >= 0.6 is 0 Å². The van der Waals surface area contributed by atoms with E-state index in [-0.39, 0.29) is 10.8 Å². The zero-order chi connectivity index (χ0) is 25.9. The molecule has 0 N–H and O–H groups in total. The van der Waals surface area contributed by atoms with Crippen LogP contribution in [0.2, 0.25) is 0 Å². The molecule has 2 heterocycles. The summed E-state index contributed by atoms with van der Waals surface area (Å²) in [6.45, 7) is 8.23. The van der Waals surface area contributed by atoms with Crippen LogP contribution in [-0.2, 0) is 15.0 Å². The summed E-state index contributed by atoms with van der Waals surface area (Å²) in [5.41, 5.74) is 7.08. The van der Waals surface area contributed by atoms with Gasteiger partial charge in [0.15, 0.2) is 0 Å². The van der Waals surface area contributed by atoms with Gasteiger partial charge in [-0.05, 0) is 91.5 Å². The highest BCUT2D eigenvalue weighted by molar-refractivity contribution is 7.89. The van der Waals surface area contributed by atoms with Crippen molar-refractivity contribution in [3.05, 3.63) is 88.0 Å². The van der Waals surface area contributed by atoms with E-state index < -0.39 is 10.0 Å². The molecule has 0 atom stereocenters. The number of fused-ring (bicyclic) bond motifs is 3. The fourth-order valence-electron chi connectivity index (χ4n) is 4.47. The number of carbonyl (C=O) groups excluding carboxylic acids is 1. The summed E-state index contributed by atoms with van der Waals surface area (Å²) in [6, 6.07) is 15.5. The highest BCUT2D eigenvalue weighted by Gasteiger charge is 2.47. The Morgan fingerprint density at radius 1 is 0.889 bits per heavy atom. The Morgan fingerprint density at radius 3 is 2.06 bits per heavy atom. The number of amides is 1. The highest BCUT2D eigenvalue weighted by Crippen LogP contribution is 2.43. The van der Waals surface area contributed by atoms with Crippen LogP contribution in [0.5, 0.6) is 0 Å². The standard InChI is InChI=1S/C26H27N5O4S/c1-16-15-17(2)19(4)24(18(16)3)25-27-35-31-29(25)22-9-7-8-10-23(22)30(31)26(32)20-11-13-21(14-12-20)36(33,34)28(5)6/h7-15H,1-6H3. The molecular formula is C26H27N5O4S. The molecule has 0 spiro atoms. The van der Waals surface area contributed by atoms with Crippen LogP contribution in [0.4, 0.5) is 11.4 Å². The summed E-state index contributed by atoms with van der Waals surface area (Å²) in [5, 5.41) is 8.89. The molecule has 2 aliphatic rings. The van der Waals surface area contributed by atoms with Gasteiger partial charge in [-0.3, -0.25) is 9.73 Å². The van der Waals surface area contributed by atoms with Gasteiger partial charge in [-0.2, -0.15) is 10.0 Å². The van der Waals surface area contributed by atoms with E-state index in [1.54, 1.807) is 5.01 Å². The van der Waals surface area contributed by atoms with Crippen molar-refractivity contribution in [3.63, 3.8) is 0 Å². The lowest BCUT2D eigenvalue weighted by Crippen LogP contribution is -2.49. The highest BCUT2D eigenvalue weighted by atomic mass is 32.2. The van der Waals surface area contributed by atoms with Gasteiger partial charge in [0.1, 0.15) is 0 Å². The van der Waals surface area contributed by atoms with Crippen molar-refractivity contribution in [2.75, 3.05) is 24.1 Å². The zero-order valence-corrected chi connectivity index (χ0v) is 21.8. The lowest BCUT2D eigenvalue weighted by Gasteiger charge is -2.25. The first-order valence-corrected chi connectivity index (χ1v) is 12.9. The molecule has 186 valence electrons. The van der Waals surface area contributed by atoms with Crippen molar-refractivity contribution in [3.8, 4) is 0 Å². The van der Waals surface area contributed by atoms with Gasteiger partial charge in [0, 0.05) is 25.2 Å². The maximum Gasteiger partial charge on any atom is 0.277 e. The van der Waals surface area contributed by atoms with Crippen molar-refractivity contribution in [2.24, 2.45) is 5.16 Å². The minimum atomic E-state index is -3.61. The topological polar surface area (TPSA) is 85.8 Å². The molecule has 0 unspecified atom stereocenters. The molecule has 0 aromatic heterocycles. The number of oxime groups is 1. The van der Waals surface area contributed by atoms with Gasteiger partial charge < -0.3 is 0 Å². The van der Waals surface area contributed by atoms with Crippen molar-refractivity contribution in [1.29, 1.82) is 0 Å². The van der Waals surface area contributed by atoms with Crippen LogP contribution in [0.25, 0.3) is 0 Å². The second-order valence-electron chi connectivity index (χ2n) is 9.11. The van der Waals surface area contributed by atoms with Crippen LogP contribution < -0.4 is 10.0 Å². The van der Waals surface area contributed by atoms with Gasteiger partial charge in [0.2, 0.25) is 15.9 Å². The molecule has 3 aromatic rings. The van der Waals surface area contributed by atoms with Gasteiger partial charge in [-0.15, -0.1) is 0 Å². The molecule has 10 heteroatoms. The molecule has 0 bridgehead atoms. The van der Waals surface area contributed by atoms with E-state index in [4.69, 9.17) is 4.94 Å². The Morgan fingerprint density at radius 2 is 1.47 bits per heavy atom. The Kier molecular flexibility index (Phi) is 5.62. The maximum atomic E-state index is 13.7. The summed E-state index contributed by atoms with van der Waals surface area (Å²) in [5.74, 6) is 0.205. The summed E-state index contributed by atoms with van der Waals surface area (Å²) < 4.78 is 26.0. The number of aryl methyl sites for hydroxylation is 2. The number of rotatable bonds is 4. The molecule has 0 aliphatic carbocycles. The number of sulfonamides is 1. The predicted octanol–water partition coefficient (Wildman–Crippen LogP) is 4.08. The van der Waals surface area contributed by atoms with Crippen LogP contribution in [0.15, 0.2) is 64.6 Å². The van der Waals surface area contributed by atoms with Crippen molar-refractivity contribution in [1.82, 2.24) is 9.59 Å². The molecule has 0 fully saturated rings. The minimum Gasteiger partial charge on any atom is -0.267 e. The number of anilines is 2. The molecule has 3 aromatic carbocycles. The van der Waals surface area contributed by atoms with Crippen molar-refractivity contribution < 1.29 is 18.2 Å². The first-order chi connectivity index (χ1) is 17.0. The Hall–Kier alpha value is -3.73. The molecule has 0 radical (unpaired) electrons. The second-order valence-corrected chi connectivity index (χ2v) is 11.3. The summed E-state index contributed by atoms with van der Waals surface area (Å²) in [4.78, 5) is 19.5. The van der Waals surface area contributed by atoms with Gasteiger partial charge in [0.05, 0.1) is 21.6 Å². The quantitative estimate of drug-likeness (QED) is 0.531. The van der Waals surface area contributed by atoms with E-state index in [2.05, 4.69) is 38.9 Å². The average Bonchev–Trinajstić information content (AvgIpc) is 3.41. The lowest BCUT2D eigenvalue weighted by molar-refractivity contribution is -0.135. The van der Waals surface area contributed by atoms with Gasteiger partial charge in [-0.1, -0.05) is 18.2 Å². The average molecular weight is 506 g/mol. The third-order valence-electron chi connectivity index (χ3n) is 6.74. The number of amidine groups is 1. The van der Waals surface area contributed by atoms with Crippen molar-refractivity contribution in [2.45, 2.75) is 32.6 Å². The van der Waals surface area contributed by atoms with Crippen LogP contribution in [0.3, 0.4) is 0 Å². The number of hydrogen-bond acceptors (Lipinski definition) is 7. The first kappa shape index (κ1) is 24.0. The number of hydrazine groups is 2. The largest absolute Gasteiger partial charge is 0.277 e. The van der Waals surface area contributed by atoms with Crippen LogP contribution in [0.1, 0.15) is 38.2 Å². The molecule has 1 amide bonds. The number of para-hydroxylation sites is 2. The second kappa shape index (κ2) is 8.44. The molecule has 5 rings (SSSR count). The third kappa shape index (κ3) is 3.48. The van der Waals surface area contributed by atoms with Crippen LogP contribution in [0, 0.1) is 27.7 Å². The fraction of sp³-hybridized carbons (Fsp3) is 0.231. The molecule has 9 nitrogen and oxygen atoms in total. The first-order valence-electron chi connectivity index (χ1n) is 11.4. The van der Waals surface area contributed by atoms with E-state index >= 15 is 0 Å². The van der Waals surface area contributed by atoms with E-state index in [1.165, 1.54) is 48.7 Å². The molecular weight excluding hydrogens is 478 g/mol. The molecule has 36 heavy (non-hydrogen) atoms. The SMILES string of the molecule is Cc1cc(C)c(C)c(C2=NON3N(C(=O)c4ccc(S(=O)(=O)N(C)C)cc4)c4ccccc4N23)c1C. The molecule has 2 aliphatic heterocycles. The summed E-state index contributed by atoms with van der Waals surface area (Å²) >= 11 is 0. The lowest BCUT2D eigenvalue weighted by atomic mass is 9.93. The summed E-state index contributed by atoms with van der Waals surface area (Å²) in [6.07, 6.45) is 0. The van der Waals surface area contributed by atoms with Crippen LogP contribution in [-0.4, -0.2) is 43.8 Å². The third-order valence-corrected chi connectivity index (χ3v) is 8.57. The van der Waals surface area contributed by atoms with Gasteiger partial charge >= 0.3 is 0 Å². The Balaban J connectivity index is 1.55. The smallest absolute Gasteiger partial charge is 0.267 e. The zero-order valence-electron chi connectivity index (χ0n) is 21.0. The van der Waals surface area contributed by atoms with E-state index in [0.29, 0.717) is 17.1 Å². The summed E-state index contributed by atoms with van der Waals surface area (Å²) in [7, 11) is -0.680. The molecule has 0 saturated heterocycles. The number of carbonyl (C=O) groups is 1. The number of benzene rings is 3. The minimum absolute atomic E-state index is 0.108. The van der Waals surface area contributed by atoms with Gasteiger partial charge in [-0.25, -0.2) is 12.7 Å². The van der Waals surface area contributed by atoms with Gasteiger partial charge in [0.25, 0.3) is 5.91 Å². The van der Waals surface area contributed by atoms with E-state index in [1.807, 2.05) is 24.3 Å². The van der Waals surface area contributed by atoms with E-state index in [0.717, 1.165) is 37.8 Å². The maximum absolute atomic E-state index is 13.7. The molecule has 0 saturated carbocycles. The fourth-order valence-corrected chi connectivity index (χ4v) is 5.37. The number of nitrogens with zero attached hydrogens (tertiary/aromatic N) is 5. The number of hydrogen-bond donors (Lipinski definition) is 0. The van der Waals surface area contributed by atoms with Crippen molar-refractivity contribution >= 4 is 33.1 Å².